The number of nitrogens with zero attached hydrogens (tertiary/aromatic N) is 1. The predicted molar refractivity (Wildman–Crippen MR) is 75.4 cm³/mol. The van der Waals surface area contributed by atoms with Gasteiger partial charge in [0.05, 0.1) is 0 Å². The topological polar surface area (TPSA) is 15.3 Å². The van der Waals surface area contributed by atoms with Crippen LogP contribution in [-0.4, -0.2) is 31.1 Å². The van der Waals surface area contributed by atoms with Crippen molar-refractivity contribution in [2.24, 2.45) is 0 Å². The first kappa shape index (κ1) is 14.2. The summed E-state index contributed by atoms with van der Waals surface area (Å²) in [5.41, 5.74) is 2.78. The monoisotopic (exact) mass is 234 g/mol. The molecule has 0 bridgehead atoms. The van der Waals surface area contributed by atoms with E-state index < -0.39 is 0 Å². The van der Waals surface area contributed by atoms with Gasteiger partial charge in [-0.1, -0.05) is 31.2 Å². The summed E-state index contributed by atoms with van der Waals surface area (Å²) in [6, 6.07) is 9.65. The molecular weight excluding hydrogens is 208 g/mol. The Morgan fingerprint density at radius 1 is 1.24 bits per heavy atom. The van der Waals surface area contributed by atoms with Gasteiger partial charge in [0.1, 0.15) is 0 Å². The molecule has 1 aromatic rings. The predicted octanol–water partition coefficient (Wildman–Crippen LogP) is 2.99. The molecule has 2 heteroatoms. The first-order chi connectivity index (χ1) is 8.10. The molecular formula is C15H26N2. The maximum atomic E-state index is 3.44. The Kier molecular flexibility index (Phi) is 5.66. The molecule has 1 unspecified atom stereocenters. The number of aryl methyl sites for hydroxylation is 1. The Morgan fingerprint density at radius 2 is 1.88 bits per heavy atom. The van der Waals surface area contributed by atoms with Gasteiger partial charge in [0, 0.05) is 18.6 Å². The molecule has 1 N–H and O–H groups in total. The van der Waals surface area contributed by atoms with Crippen molar-refractivity contribution in [2.45, 2.75) is 39.8 Å². The second kappa shape index (κ2) is 6.77. The normalized spacial score (nSPS) is 13.4. The Labute approximate surface area is 106 Å². The third kappa shape index (κ3) is 3.83. The Morgan fingerprint density at radius 3 is 2.35 bits per heavy atom. The van der Waals surface area contributed by atoms with E-state index in [-0.39, 0.29) is 0 Å². The molecule has 1 rings (SSSR count). The number of rotatable bonds is 6. The van der Waals surface area contributed by atoms with E-state index in [1.807, 2.05) is 7.05 Å². The van der Waals surface area contributed by atoms with Crippen molar-refractivity contribution in [3.8, 4) is 0 Å². The fourth-order valence-corrected chi connectivity index (χ4v) is 2.26. The van der Waals surface area contributed by atoms with Gasteiger partial charge in [-0.05, 0) is 45.5 Å². The lowest BCUT2D eigenvalue weighted by Gasteiger charge is -2.30. The van der Waals surface area contributed by atoms with E-state index in [1.165, 1.54) is 11.1 Å². The first-order valence-corrected chi connectivity index (χ1v) is 6.57. The summed E-state index contributed by atoms with van der Waals surface area (Å²) in [5.74, 6) is 0. The molecule has 0 aromatic heterocycles. The van der Waals surface area contributed by atoms with Crippen molar-refractivity contribution in [3.63, 3.8) is 0 Å². The highest BCUT2D eigenvalue weighted by Gasteiger charge is 2.16. The highest BCUT2D eigenvalue weighted by atomic mass is 15.2. The van der Waals surface area contributed by atoms with E-state index in [1.54, 1.807) is 0 Å². The quantitative estimate of drug-likeness (QED) is 0.814. The van der Waals surface area contributed by atoms with E-state index in [9.17, 15) is 0 Å². The van der Waals surface area contributed by atoms with Crippen LogP contribution in [0.1, 0.15) is 37.9 Å². The summed E-state index contributed by atoms with van der Waals surface area (Å²) in [5, 5.41) is 3.44. The van der Waals surface area contributed by atoms with Crippen LogP contribution in [0.25, 0.3) is 0 Å². The maximum Gasteiger partial charge on any atom is 0.0449 e. The summed E-state index contributed by atoms with van der Waals surface area (Å²) in [6.07, 6.45) is 0. The van der Waals surface area contributed by atoms with Crippen molar-refractivity contribution >= 4 is 0 Å². The second-order valence-electron chi connectivity index (χ2n) is 4.88. The van der Waals surface area contributed by atoms with Gasteiger partial charge in [-0.2, -0.15) is 0 Å². The molecule has 96 valence electrons. The van der Waals surface area contributed by atoms with Crippen LogP contribution in [-0.2, 0) is 0 Å². The fourth-order valence-electron chi connectivity index (χ4n) is 2.26. The van der Waals surface area contributed by atoms with E-state index in [0.717, 1.165) is 13.1 Å². The summed E-state index contributed by atoms with van der Waals surface area (Å²) >= 11 is 0. The molecule has 17 heavy (non-hydrogen) atoms. The maximum absolute atomic E-state index is 3.44. The molecule has 2 nitrogen and oxygen atoms in total. The summed E-state index contributed by atoms with van der Waals surface area (Å²) in [6.45, 7) is 11.1. The molecule has 0 amide bonds. The van der Waals surface area contributed by atoms with Crippen LogP contribution in [0, 0.1) is 6.92 Å². The van der Waals surface area contributed by atoms with Crippen molar-refractivity contribution in [1.82, 2.24) is 10.2 Å². The Balaban J connectivity index is 2.82. The van der Waals surface area contributed by atoms with Crippen LogP contribution >= 0.6 is 0 Å². The van der Waals surface area contributed by atoms with Crippen LogP contribution in [0.3, 0.4) is 0 Å². The zero-order chi connectivity index (χ0) is 12.8. The highest BCUT2D eigenvalue weighted by Crippen LogP contribution is 2.19. The van der Waals surface area contributed by atoms with Gasteiger partial charge in [-0.15, -0.1) is 0 Å². The first-order valence-electron chi connectivity index (χ1n) is 6.57. The van der Waals surface area contributed by atoms with Crippen LogP contribution in [0.2, 0.25) is 0 Å². The van der Waals surface area contributed by atoms with E-state index >= 15 is 0 Å². The highest BCUT2D eigenvalue weighted by molar-refractivity contribution is 5.28. The van der Waals surface area contributed by atoms with E-state index in [0.29, 0.717) is 12.1 Å². The van der Waals surface area contributed by atoms with Crippen LogP contribution < -0.4 is 5.32 Å². The van der Waals surface area contributed by atoms with Gasteiger partial charge in [0.2, 0.25) is 0 Å². The number of hydrogen-bond donors (Lipinski definition) is 1. The number of nitrogens with one attached hydrogen (secondary N) is 1. The van der Waals surface area contributed by atoms with Gasteiger partial charge >= 0.3 is 0 Å². The van der Waals surface area contributed by atoms with Gasteiger partial charge in [0.15, 0.2) is 0 Å². The number of benzene rings is 1. The zero-order valence-corrected chi connectivity index (χ0v) is 11.8. The smallest absolute Gasteiger partial charge is 0.0449 e. The summed E-state index contributed by atoms with van der Waals surface area (Å²) < 4.78 is 0. The fraction of sp³-hybridized carbons (Fsp3) is 0.600. The number of likely N-dealkylation sites (N-methyl/N-ethyl adjacent to an activating group) is 2. The largest absolute Gasteiger partial charge is 0.312 e. The third-order valence-electron chi connectivity index (χ3n) is 3.47. The van der Waals surface area contributed by atoms with Gasteiger partial charge in [-0.25, -0.2) is 0 Å². The minimum absolute atomic E-state index is 0.415. The lowest BCUT2D eigenvalue weighted by molar-refractivity contribution is 0.210. The lowest BCUT2D eigenvalue weighted by atomic mass is 10.0. The molecule has 0 radical (unpaired) electrons. The van der Waals surface area contributed by atoms with Gasteiger partial charge in [0.25, 0.3) is 0 Å². The standard InChI is InChI=1S/C15H26N2/c1-6-17(12(2)3)11-15(16-5)14-10-8-7-9-13(14)4/h7-10,12,15-16H,6,11H2,1-5H3. The second-order valence-corrected chi connectivity index (χ2v) is 4.88. The molecule has 1 aromatic carbocycles. The van der Waals surface area contributed by atoms with Crippen LogP contribution in [0.4, 0.5) is 0 Å². The SMILES string of the molecule is CCN(CC(NC)c1ccccc1C)C(C)C. The number of hydrogen-bond acceptors (Lipinski definition) is 2. The van der Waals surface area contributed by atoms with E-state index in [2.05, 4.69) is 62.2 Å². The summed E-state index contributed by atoms with van der Waals surface area (Å²) in [4.78, 5) is 2.49. The average Bonchev–Trinajstić information content (AvgIpc) is 2.31. The Hall–Kier alpha value is -0.860. The Bertz CT molecular complexity index is 333. The molecule has 0 aliphatic rings. The molecule has 0 heterocycles. The van der Waals surface area contributed by atoms with E-state index in [4.69, 9.17) is 0 Å². The van der Waals surface area contributed by atoms with Crippen molar-refractivity contribution < 1.29 is 0 Å². The van der Waals surface area contributed by atoms with Gasteiger partial charge in [-0.3, -0.25) is 4.90 Å². The molecule has 0 saturated heterocycles. The molecule has 1 atom stereocenters. The van der Waals surface area contributed by atoms with Crippen molar-refractivity contribution in [1.29, 1.82) is 0 Å². The third-order valence-corrected chi connectivity index (χ3v) is 3.47. The van der Waals surface area contributed by atoms with Crippen LogP contribution in [0.15, 0.2) is 24.3 Å². The zero-order valence-electron chi connectivity index (χ0n) is 11.8. The minimum Gasteiger partial charge on any atom is -0.312 e. The molecule has 0 spiro atoms. The van der Waals surface area contributed by atoms with Crippen molar-refractivity contribution in [3.05, 3.63) is 35.4 Å². The summed E-state index contributed by atoms with van der Waals surface area (Å²) in [7, 11) is 2.05. The van der Waals surface area contributed by atoms with Crippen LogP contribution in [0.5, 0.6) is 0 Å². The lowest BCUT2D eigenvalue weighted by Crippen LogP contribution is -2.38. The molecule has 0 aliphatic carbocycles. The molecule has 0 aliphatic heterocycles. The van der Waals surface area contributed by atoms with Crippen molar-refractivity contribution in [2.75, 3.05) is 20.1 Å². The average molecular weight is 234 g/mol. The minimum atomic E-state index is 0.415. The van der Waals surface area contributed by atoms with Gasteiger partial charge < -0.3 is 5.32 Å². The molecule has 0 fully saturated rings. The molecule has 0 saturated carbocycles.